The van der Waals surface area contributed by atoms with Crippen molar-refractivity contribution in [2.75, 3.05) is 5.75 Å². The lowest BCUT2D eigenvalue weighted by molar-refractivity contribution is -0.118. The summed E-state index contributed by atoms with van der Waals surface area (Å²) in [6, 6.07) is 7.39. The summed E-state index contributed by atoms with van der Waals surface area (Å²) < 4.78 is 2.83. The van der Waals surface area contributed by atoms with E-state index in [0.717, 1.165) is 33.2 Å². The molecule has 1 aromatic heterocycles. The summed E-state index contributed by atoms with van der Waals surface area (Å²) in [5.41, 5.74) is 5.88. The van der Waals surface area contributed by atoms with E-state index in [0.29, 0.717) is 12.8 Å². The number of carbonyl (C=O) groups excluding carboxylic acids is 2. The number of amides is 1. The highest BCUT2D eigenvalue weighted by molar-refractivity contribution is 9.10. The van der Waals surface area contributed by atoms with E-state index >= 15 is 0 Å². The largest absolute Gasteiger partial charge is 0.370 e. The maximum Gasteiger partial charge on any atom is 0.217 e. The molecule has 2 rings (SSSR count). The van der Waals surface area contributed by atoms with Crippen LogP contribution < -0.4 is 5.73 Å². The van der Waals surface area contributed by atoms with Crippen molar-refractivity contribution in [2.24, 2.45) is 12.8 Å². The summed E-state index contributed by atoms with van der Waals surface area (Å²) in [7, 11) is 1.87. The molecule has 1 amide bonds. The number of carbonyl (C=O) groups is 2. The highest BCUT2D eigenvalue weighted by Gasteiger charge is 2.11. The Labute approximate surface area is 153 Å². The van der Waals surface area contributed by atoms with Crippen LogP contribution in [0.1, 0.15) is 35.4 Å². The molecule has 0 radical (unpaired) electrons. The molecule has 1 heterocycles. The quantitative estimate of drug-likeness (QED) is 0.389. The summed E-state index contributed by atoms with van der Waals surface area (Å²) in [6.07, 6.45) is 2.02. The molecule has 8 heteroatoms. The van der Waals surface area contributed by atoms with Gasteiger partial charge in [0.05, 0.1) is 0 Å². The number of Topliss-reactive ketones (excluding diaryl/α,β-unsaturated/α-hetero) is 1. The molecular formula is C16H19BrN4O2S. The maximum absolute atomic E-state index is 12.1. The zero-order valence-electron chi connectivity index (χ0n) is 13.4. The van der Waals surface area contributed by atoms with Gasteiger partial charge in [-0.15, -0.1) is 10.2 Å². The van der Waals surface area contributed by atoms with E-state index < -0.39 is 0 Å². The third kappa shape index (κ3) is 5.45. The van der Waals surface area contributed by atoms with E-state index in [2.05, 4.69) is 26.1 Å². The summed E-state index contributed by atoms with van der Waals surface area (Å²) in [5, 5.41) is 8.97. The molecule has 0 atom stereocenters. The third-order valence-electron chi connectivity index (χ3n) is 3.47. The van der Waals surface area contributed by atoms with Gasteiger partial charge in [-0.3, -0.25) is 9.59 Å². The summed E-state index contributed by atoms with van der Waals surface area (Å²) in [6.45, 7) is 0. The Morgan fingerprint density at radius 2 is 1.92 bits per heavy atom. The van der Waals surface area contributed by atoms with Crippen molar-refractivity contribution in [3.05, 3.63) is 40.1 Å². The lowest BCUT2D eigenvalue weighted by Gasteiger charge is -2.04. The topological polar surface area (TPSA) is 90.9 Å². The van der Waals surface area contributed by atoms with Crippen LogP contribution in [0.25, 0.3) is 0 Å². The average molecular weight is 411 g/mol. The Hall–Kier alpha value is -1.67. The number of nitrogens with two attached hydrogens (primary N) is 1. The summed E-state index contributed by atoms with van der Waals surface area (Å²) in [5.74, 6) is 1.31. The maximum atomic E-state index is 12.1. The van der Waals surface area contributed by atoms with E-state index in [4.69, 9.17) is 5.73 Å². The number of hydrogen-bond acceptors (Lipinski definition) is 5. The highest BCUT2D eigenvalue weighted by Crippen LogP contribution is 2.19. The second-order valence-corrected chi connectivity index (χ2v) is 7.28. The van der Waals surface area contributed by atoms with Crippen LogP contribution in [0.2, 0.25) is 0 Å². The van der Waals surface area contributed by atoms with Crippen molar-refractivity contribution < 1.29 is 9.59 Å². The van der Waals surface area contributed by atoms with Gasteiger partial charge in [0.1, 0.15) is 5.82 Å². The Bertz CT molecular complexity index is 715. The molecule has 0 spiro atoms. The number of hydrogen-bond donors (Lipinski definition) is 1. The van der Waals surface area contributed by atoms with Gasteiger partial charge in [-0.25, -0.2) is 0 Å². The number of nitrogens with zero attached hydrogens (tertiary/aromatic N) is 3. The first-order valence-corrected chi connectivity index (χ1v) is 9.33. The Balaban J connectivity index is 1.77. The fourth-order valence-corrected chi connectivity index (χ4v) is 3.23. The number of benzene rings is 1. The first-order chi connectivity index (χ1) is 11.5. The van der Waals surface area contributed by atoms with Crippen molar-refractivity contribution in [1.82, 2.24) is 14.8 Å². The second-order valence-electron chi connectivity index (χ2n) is 5.31. The van der Waals surface area contributed by atoms with Crippen LogP contribution in [-0.4, -0.2) is 32.2 Å². The Kier molecular flexibility index (Phi) is 6.99. The lowest BCUT2D eigenvalue weighted by atomic mass is 10.1. The number of halogens is 1. The van der Waals surface area contributed by atoms with Gasteiger partial charge >= 0.3 is 0 Å². The van der Waals surface area contributed by atoms with E-state index in [-0.39, 0.29) is 18.1 Å². The number of thioether (sulfide) groups is 1. The zero-order chi connectivity index (χ0) is 17.5. The number of rotatable bonds is 9. The van der Waals surface area contributed by atoms with E-state index in [1.54, 1.807) is 11.8 Å². The number of aromatic nitrogens is 3. The minimum atomic E-state index is -0.348. The first kappa shape index (κ1) is 18.7. The molecule has 0 bridgehead atoms. The molecule has 6 nitrogen and oxygen atoms in total. The van der Waals surface area contributed by atoms with Crippen LogP contribution in [-0.2, 0) is 18.3 Å². The minimum Gasteiger partial charge on any atom is -0.370 e. The van der Waals surface area contributed by atoms with Crippen LogP contribution in [0, 0.1) is 0 Å². The second kappa shape index (κ2) is 8.98. The fraction of sp³-hybridized carbons (Fsp3) is 0.375. The van der Waals surface area contributed by atoms with Crippen LogP contribution in [0.4, 0.5) is 0 Å². The molecule has 0 aliphatic heterocycles. The van der Waals surface area contributed by atoms with Gasteiger partial charge in [-0.1, -0.05) is 39.8 Å². The van der Waals surface area contributed by atoms with E-state index in [1.165, 1.54) is 0 Å². The molecule has 1 aromatic carbocycles. The molecule has 2 N–H and O–H groups in total. The fourth-order valence-electron chi connectivity index (χ4n) is 2.10. The number of ketones is 1. The van der Waals surface area contributed by atoms with Gasteiger partial charge < -0.3 is 10.3 Å². The molecule has 2 aromatic rings. The molecule has 128 valence electrons. The predicted molar refractivity (Wildman–Crippen MR) is 96.9 cm³/mol. The van der Waals surface area contributed by atoms with E-state index in [1.807, 2.05) is 35.9 Å². The predicted octanol–water partition coefficient (Wildman–Crippen LogP) is 2.75. The van der Waals surface area contributed by atoms with Crippen LogP contribution >= 0.6 is 27.7 Å². The molecule has 0 unspecified atom stereocenters. The number of primary amides is 1. The van der Waals surface area contributed by atoms with Crippen molar-refractivity contribution in [3.8, 4) is 0 Å². The van der Waals surface area contributed by atoms with Gasteiger partial charge in [-0.05, 0) is 18.6 Å². The van der Waals surface area contributed by atoms with Crippen LogP contribution in [0.3, 0.4) is 0 Å². The van der Waals surface area contributed by atoms with Gasteiger partial charge in [0.15, 0.2) is 10.9 Å². The third-order valence-corrected chi connectivity index (χ3v) is 5.10. The Morgan fingerprint density at radius 1 is 1.21 bits per heavy atom. The molecule has 0 fully saturated rings. The smallest absolute Gasteiger partial charge is 0.217 e. The average Bonchev–Trinajstić information content (AvgIpc) is 2.90. The normalized spacial score (nSPS) is 10.8. The molecule has 0 aliphatic rings. The zero-order valence-corrected chi connectivity index (χ0v) is 15.8. The van der Waals surface area contributed by atoms with Crippen molar-refractivity contribution in [1.29, 1.82) is 0 Å². The van der Waals surface area contributed by atoms with Gasteiger partial charge in [0.25, 0.3) is 0 Å². The van der Waals surface area contributed by atoms with Gasteiger partial charge in [-0.2, -0.15) is 0 Å². The standard InChI is InChI=1S/C16H19BrN4O2S/c1-21-15(9-8-14(18)23)19-20-16(21)24-10-2-3-13(22)11-4-6-12(17)7-5-11/h4-7H,2-3,8-10H2,1H3,(H2,18,23). The molecule has 0 saturated heterocycles. The van der Waals surface area contributed by atoms with Crippen molar-refractivity contribution >= 4 is 39.4 Å². The molecule has 0 saturated carbocycles. The monoisotopic (exact) mass is 410 g/mol. The Morgan fingerprint density at radius 3 is 2.58 bits per heavy atom. The highest BCUT2D eigenvalue weighted by atomic mass is 79.9. The van der Waals surface area contributed by atoms with E-state index in [9.17, 15) is 9.59 Å². The molecule has 0 aliphatic carbocycles. The minimum absolute atomic E-state index is 0.142. The molecule has 24 heavy (non-hydrogen) atoms. The van der Waals surface area contributed by atoms with Gasteiger partial charge in [0, 0.05) is 42.1 Å². The van der Waals surface area contributed by atoms with Gasteiger partial charge in [0.2, 0.25) is 5.91 Å². The first-order valence-electron chi connectivity index (χ1n) is 7.55. The molecular weight excluding hydrogens is 392 g/mol. The summed E-state index contributed by atoms with van der Waals surface area (Å²) in [4.78, 5) is 22.9. The van der Waals surface area contributed by atoms with Crippen LogP contribution in [0.15, 0.2) is 33.9 Å². The SMILES string of the molecule is Cn1c(CCC(N)=O)nnc1SCCCC(=O)c1ccc(Br)cc1. The summed E-state index contributed by atoms with van der Waals surface area (Å²) >= 11 is 4.91. The number of aryl methyl sites for hydroxylation is 1. The van der Waals surface area contributed by atoms with Crippen LogP contribution in [0.5, 0.6) is 0 Å². The lowest BCUT2D eigenvalue weighted by Crippen LogP contribution is -2.12. The van der Waals surface area contributed by atoms with Crippen molar-refractivity contribution in [2.45, 2.75) is 30.8 Å². The van der Waals surface area contributed by atoms with Crippen molar-refractivity contribution in [3.63, 3.8) is 0 Å².